The number of hydrogen-bond acceptors (Lipinski definition) is 5. The Morgan fingerprint density at radius 1 is 1.20 bits per heavy atom. The van der Waals surface area contributed by atoms with Gasteiger partial charge in [0, 0.05) is 32.7 Å². The third kappa shape index (κ3) is 5.30. The molecule has 0 atom stereocenters. The van der Waals surface area contributed by atoms with Crippen LogP contribution >= 0.6 is 0 Å². The van der Waals surface area contributed by atoms with E-state index >= 15 is 0 Å². The molecular formula is C16H21F4N3O2. The Morgan fingerprint density at radius 2 is 1.80 bits per heavy atom. The summed E-state index contributed by atoms with van der Waals surface area (Å²) in [5, 5.41) is 0. The van der Waals surface area contributed by atoms with E-state index in [1.165, 1.54) is 0 Å². The molecule has 2 rings (SSSR count). The number of alkyl halides is 3. The maximum absolute atomic E-state index is 13.6. The van der Waals surface area contributed by atoms with Crippen LogP contribution in [0.3, 0.4) is 0 Å². The summed E-state index contributed by atoms with van der Waals surface area (Å²) < 4.78 is 57.9. The van der Waals surface area contributed by atoms with Crippen LogP contribution in [0.1, 0.15) is 18.1 Å². The molecule has 1 saturated heterocycles. The van der Waals surface area contributed by atoms with Crippen LogP contribution in [0.15, 0.2) is 12.1 Å². The predicted molar refractivity (Wildman–Crippen MR) is 84.2 cm³/mol. The van der Waals surface area contributed by atoms with Gasteiger partial charge in [0.1, 0.15) is 5.82 Å². The van der Waals surface area contributed by atoms with E-state index < -0.39 is 23.2 Å². The Labute approximate surface area is 143 Å². The summed E-state index contributed by atoms with van der Waals surface area (Å²) in [6, 6.07) is 1.49. The van der Waals surface area contributed by atoms with Gasteiger partial charge in [0.25, 0.3) is 0 Å². The van der Waals surface area contributed by atoms with Crippen LogP contribution in [0.25, 0.3) is 0 Å². The van der Waals surface area contributed by atoms with Gasteiger partial charge >= 0.3 is 12.1 Å². The van der Waals surface area contributed by atoms with E-state index in [-0.39, 0.29) is 24.6 Å². The molecule has 1 aliphatic heterocycles. The summed E-state index contributed by atoms with van der Waals surface area (Å²) in [7, 11) is 0. The predicted octanol–water partition coefficient (Wildman–Crippen LogP) is 2.11. The van der Waals surface area contributed by atoms with Gasteiger partial charge in [-0.2, -0.15) is 13.2 Å². The minimum atomic E-state index is -4.59. The number of carbonyl (C=O) groups is 1. The molecule has 1 aromatic carbocycles. The topological polar surface area (TPSA) is 58.8 Å². The third-order valence-electron chi connectivity index (χ3n) is 4.04. The highest BCUT2D eigenvalue weighted by atomic mass is 19.4. The molecule has 5 nitrogen and oxygen atoms in total. The van der Waals surface area contributed by atoms with Crippen molar-refractivity contribution >= 4 is 11.7 Å². The Bertz CT molecular complexity index is 614. The minimum Gasteiger partial charge on any atom is -0.465 e. The van der Waals surface area contributed by atoms with E-state index in [1.54, 1.807) is 11.8 Å². The second-order valence-corrected chi connectivity index (χ2v) is 5.89. The largest absolute Gasteiger partial charge is 0.465 e. The van der Waals surface area contributed by atoms with Crippen molar-refractivity contribution in [1.29, 1.82) is 0 Å². The van der Waals surface area contributed by atoms with Gasteiger partial charge in [-0.1, -0.05) is 0 Å². The van der Waals surface area contributed by atoms with Crippen molar-refractivity contribution < 1.29 is 27.1 Å². The van der Waals surface area contributed by atoms with E-state index in [0.717, 1.165) is 6.07 Å². The average molecular weight is 363 g/mol. The quantitative estimate of drug-likeness (QED) is 0.493. The smallest absolute Gasteiger partial charge is 0.416 e. The van der Waals surface area contributed by atoms with E-state index in [9.17, 15) is 22.4 Å². The van der Waals surface area contributed by atoms with Crippen molar-refractivity contribution in [3.8, 4) is 0 Å². The molecule has 0 saturated carbocycles. The van der Waals surface area contributed by atoms with Gasteiger partial charge in [0.15, 0.2) is 0 Å². The lowest BCUT2D eigenvalue weighted by molar-refractivity contribution is -0.145. The van der Waals surface area contributed by atoms with Crippen molar-refractivity contribution in [1.82, 2.24) is 9.80 Å². The maximum Gasteiger partial charge on any atom is 0.416 e. The van der Waals surface area contributed by atoms with Gasteiger partial charge in [-0.15, -0.1) is 0 Å². The van der Waals surface area contributed by atoms with Crippen LogP contribution in [0.2, 0.25) is 0 Å². The number of piperazine rings is 1. The molecule has 1 fully saturated rings. The van der Waals surface area contributed by atoms with Crippen LogP contribution in [-0.2, 0) is 22.3 Å². The van der Waals surface area contributed by atoms with Crippen molar-refractivity contribution in [2.75, 3.05) is 45.1 Å². The number of nitrogens with zero attached hydrogens (tertiary/aromatic N) is 2. The number of anilines is 1. The Balaban J connectivity index is 2.00. The maximum atomic E-state index is 13.6. The molecule has 2 N–H and O–H groups in total. The lowest BCUT2D eigenvalue weighted by Gasteiger charge is -2.34. The minimum absolute atomic E-state index is 0.0285. The molecule has 9 heteroatoms. The molecule has 1 aliphatic rings. The first-order valence-corrected chi connectivity index (χ1v) is 7.96. The monoisotopic (exact) mass is 363 g/mol. The van der Waals surface area contributed by atoms with Gasteiger partial charge in [-0.05, 0) is 24.6 Å². The summed E-state index contributed by atoms with van der Waals surface area (Å²) in [6.45, 7) is 4.16. The molecular weight excluding hydrogens is 342 g/mol. The normalized spacial score (nSPS) is 16.8. The van der Waals surface area contributed by atoms with Crippen LogP contribution < -0.4 is 5.73 Å². The molecule has 0 radical (unpaired) electrons. The van der Waals surface area contributed by atoms with Crippen LogP contribution in [-0.4, -0.2) is 55.1 Å². The fourth-order valence-electron chi connectivity index (χ4n) is 2.76. The molecule has 0 bridgehead atoms. The third-order valence-corrected chi connectivity index (χ3v) is 4.04. The SMILES string of the molecule is CCOC(=O)CN1CCN(Cc2cc(F)c(N)cc2C(F)(F)F)CC1. The number of hydrogen-bond donors (Lipinski definition) is 1. The first kappa shape index (κ1) is 19.5. The van der Waals surface area contributed by atoms with Crippen LogP contribution in [0.4, 0.5) is 23.2 Å². The highest BCUT2D eigenvalue weighted by molar-refractivity contribution is 5.71. The fourth-order valence-corrected chi connectivity index (χ4v) is 2.76. The van der Waals surface area contributed by atoms with E-state index in [4.69, 9.17) is 10.5 Å². The van der Waals surface area contributed by atoms with Crippen molar-refractivity contribution in [2.24, 2.45) is 0 Å². The van der Waals surface area contributed by atoms with Gasteiger partial charge in [0.05, 0.1) is 24.4 Å². The van der Waals surface area contributed by atoms with Gasteiger partial charge in [-0.25, -0.2) is 4.39 Å². The number of nitrogen functional groups attached to an aromatic ring is 1. The zero-order valence-corrected chi connectivity index (χ0v) is 13.9. The highest BCUT2D eigenvalue weighted by Crippen LogP contribution is 2.35. The molecule has 140 valence electrons. The molecule has 0 aliphatic carbocycles. The summed E-state index contributed by atoms with van der Waals surface area (Å²) in [4.78, 5) is 15.1. The van der Waals surface area contributed by atoms with E-state index in [1.807, 2.05) is 4.90 Å². The zero-order valence-electron chi connectivity index (χ0n) is 13.9. The number of nitrogens with two attached hydrogens (primary N) is 1. The number of ether oxygens (including phenoxy) is 1. The van der Waals surface area contributed by atoms with Crippen LogP contribution in [0, 0.1) is 5.82 Å². The number of esters is 1. The molecule has 0 spiro atoms. The summed E-state index contributed by atoms with van der Waals surface area (Å²) >= 11 is 0. The number of carbonyl (C=O) groups excluding carboxylic acids is 1. The molecule has 0 unspecified atom stereocenters. The highest BCUT2D eigenvalue weighted by Gasteiger charge is 2.35. The first-order chi connectivity index (χ1) is 11.7. The van der Waals surface area contributed by atoms with Gasteiger partial charge in [0.2, 0.25) is 0 Å². The average Bonchev–Trinajstić information content (AvgIpc) is 2.51. The first-order valence-electron chi connectivity index (χ1n) is 7.96. The number of rotatable bonds is 5. The standard InChI is InChI=1S/C16H21F4N3O2/c1-2-25-15(24)10-23-5-3-22(4-6-23)9-11-7-13(17)14(21)8-12(11)16(18,19)20/h7-8H,2-6,9-10,21H2,1H3. The zero-order chi connectivity index (χ0) is 18.6. The Kier molecular flexibility index (Phi) is 6.23. The second-order valence-electron chi connectivity index (χ2n) is 5.89. The second kappa shape index (κ2) is 8.01. The van der Waals surface area contributed by atoms with E-state index in [2.05, 4.69) is 0 Å². The van der Waals surface area contributed by atoms with Crippen molar-refractivity contribution in [3.63, 3.8) is 0 Å². The number of benzene rings is 1. The fraction of sp³-hybridized carbons (Fsp3) is 0.562. The molecule has 0 aromatic heterocycles. The molecule has 0 amide bonds. The molecule has 1 aromatic rings. The van der Waals surface area contributed by atoms with E-state index in [0.29, 0.717) is 38.9 Å². The lowest BCUT2D eigenvalue weighted by atomic mass is 10.0. The molecule has 1 heterocycles. The van der Waals surface area contributed by atoms with Crippen molar-refractivity contribution in [2.45, 2.75) is 19.6 Å². The van der Waals surface area contributed by atoms with Gasteiger partial charge in [-0.3, -0.25) is 14.6 Å². The lowest BCUT2D eigenvalue weighted by Crippen LogP contribution is -2.47. The summed E-state index contributed by atoms with van der Waals surface area (Å²) in [6.07, 6.45) is -4.59. The summed E-state index contributed by atoms with van der Waals surface area (Å²) in [5.41, 5.74) is 3.69. The Hall–Kier alpha value is -1.87. The summed E-state index contributed by atoms with van der Waals surface area (Å²) in [5.74, 6) is -1.18. The molecule has 25 heavy (non-hydrogen) atoms. The Morgan fingerprint density at radius 3 is 2.36 bits per heavy atom. The van der Waals surface area contributed by atoms with Crippen molar-refractivity contribution in [3.05, 3.63) is 29.1 Å². The van der Waals surface area contributed by atoms with Gasteiger partial charge < -0.3 is 10.5 Å². The number of halogens is 4. The van der Waals surface area contributed by atoms with Crippen LogP contribution in [0.5, 0.6) is 0 Å².